The highest BCUT2D eigenvalue weighted by Gasteiger charge is 2.30. The van der Waals surface area contributed by atoms with E-state index in [0.29, 0.717) is 30.3 Å². The molecule has 0 aliphatic rings. The van der Waals surface area contributed by atoms with E-state index in [4.69, 9.17) is 9.47 Å². The molecule has 3 aromatic rings. The molecule has 0 bridgehead atoms. The fourth-order valence-electron chi connectivity index (χ4n) is 3.97. The van der Waals surface area contributed by atoms with Crippen LogP contribution in [0.3, 0.4) is 0 Å². The van der Waals surface area contributed by atoms with Crippen LogP contribution in [0.25, 0.3) is 0 Å². The van der Waals surface area contributed by atoms with Crippen LogP contribution in [-0.2, 0) is 32.8 Å². The molecule has 0 fully saturated rings. The van der Waals surface area contributed by atoms with Crippen LogP contribution in [0.15, 0.2) is 78.9 Å². The second kappa shape index (κ2) is 14.4. The van der Waals surface area contributed by atoms with E-state index < -0.39 is 28.5 Å². The monoisotopic (exact) mass is 567 g/mol. The Morgan fingerprint density at radius 1 is 0.900 bits per heavy atom. The maximum atomic E-state index is 13.6. The molecule has 0 spiro atoms. The van der Waals surface area contributed by atoms with Gasteiger partial charge in [-0.05, 0) is 60.9 Å². The summed E-state index contributed by atoms with van der Waals surface area (Å²) < 4.78 is 37.6. The lowest BCUT2D eigenvalue weighted by molar-refractivity contribution is -0.139. The van der Waals surface area contributed by atoms with Crippen molar-refractivity contribution in [1.29, 1.82) is 0 Å². The molecule has 3 aromatic carbocycles. The van der Waals surface area contributed by atoms with Gasteiger partial charge in [0, 0.05) is 13.1 Å². The Bertz CT molecular complexity index is 1350. The number of methoxy groups -OCH3 is 1. The molecule has 0 aliphatic carbocycles. The number of anilines is 1. The number of amides is 2. The Kier molecular flexibility index (Phi) is 11.0. The number of hydrogen-bond donors (Lipinski definition) is 1. The molecule has 0 saturated heterocycles. The number of nitrogens with one attached hydrogen (secondary N) is 1. The minimum Gasteiger partial charge on any atom is -0.497 e. The molecule has 1 atom stereocenters. The standard InChI is InChI=1S/C30H37N3O6S/c1-5-19-31-30(35)23(2)32(20-24-11-15-27(38-3)16-12-24)29(34)21-33(40(4,36)37)26-13-17-28(18-14-26)39-22-25-9-7-6-8-10-25/h6-18,23H,5,19-22H2,1-4H3,(H,31,35). The summed E-state index contributed by atoms with van der Waals surface area (Å²) >= 11 is 0. The fraction of sp³-hybridized carbons (Fsp3) is 0.333. The molecule has 0 heterocycles. The van der Waals surface area contributed by atoms with Crippen LogP contribution in [0.2, 0.25) is 0 Å². The van der Waals surface area contributed by atoms with Crippen LogP contribution < -0.4 is 19.1 Å². The zero-order valence-electron chi connectivity index (χ0n) is 23.4. The Morgan fingerprint density at radius 2 is 1.52 bits per heavy atom. The summed E-state index contributed by atoms with van der Waals surface area (Å²) in [4.78, 5) is 27.9. The first kappa shape index (κ1) is 30.5. The van der Waals surface area contributed by atoms with Crippen molar-refractivity contribution in [2.75, 3.05) is 30.8 Å². The zero-order chi connectivity index (χ0) is 29.1. The number of nitrogens with zero attached hydrogens (tertiary/aromatic N) is 2. The summed E-state index contributed by atoms with van der Waals surface area (Å²) in [6, 6.07) is 22.5. The second-order valence-corrected chi connectivity index (χ2v) is 11.3. The van der Waals surface area contributed by atoms with Gasteiger partial charge in [0.1, 0.15) is 30.7 Å². The van der Waals surface area contributed by atoms with Gasteiger partial charge in [0.15, 0.2) is 0 Å². The van der Waals surface area contributed by atoms with E-state index in [1.165, 1.54) is 4.90 Å². The van der Waals surface area contributed by atoms with Crippen LogP contribution in [0.1, 0.15) is 31.4 Å². The smallest absolute Gasteiger partial charge is 0.244 e. The number of sulfonamides is 1. The van der Waals surface area contributed by atoms with Crippen molar-refractivity contribution >= 4 is 27.5 Å². The van der Waals surface area contributed by atoms with E-state index in [1.807, 2.05) is 37.3 Å². The van der Waals surface area contributed by atoms with Gasteiger partial charge < -0.3 is 19.7 Å². The van der Waals surface area contributed by atoms with E-state index >= 15 is 0 Å². The van der Waals surface area contributed by atoms with Gasteiger partial charge >= 0.3 is 0 Å². The fourth-order valence-corrected chi connectivity index (χ4v) is 4.82. The van der Waals surface area contributed by atoms with Crippen molar-refractivity contribution in [1.82, 2.24) is 10.2 Å². The summed E-state index contributed by atoms with van der Waals surface area (Å²) in [5.41, 5.74) is 2.09. The third-order valence-corrected chi connectivity index (χ3v) is 7.42. The van der Waals surface area contributed by atoms with Crippen molar-refractivity contribution in [2.24, 2.45) is 0 Å². The van der Waals surface area contributed by atoms with Crippen LogP contribution in [-0.4, -0.2) is 57.6 Å². The number of carbonyl (C=O) groups is 2. The molecule has 9 nitrogen and oxygen atoms in total. The van der Waals surface area contributed by atoms with Gasteiger partial charge in [-0.3, -0.25) is 13.9 Å². The highest BCUT2D eigenvalue weighted by atomic mass is 32.2. The Balaban J connectivity index is 1.81. The highest BCUT2D eigenvalue weighted by molar-refractivity contribution is 7.92. The average molecular weight is 568 g/mol. The molecule has 0 saturated carbocycles. The van der Waals surface area contributed by atoms with Gasteiger partial charge in [0.25, 0.3) is 0 Å². The molecule has 40 heavy (non-hydrogen) atoms. The number of rotatable bonds is 14. The third-order valence-electron chi connectivity index (χ3n) is 6.28. The lowest BCUT2D eigenvalue weighted by atomic mass is 10.1. The van der Waals surface area contributed by atoms with Crippen LogP contribution in [0.4, 0.5) is 5.69 Å². The lowest BCUT2D eigenvalue weighted by Gasteiger charge is -2.31. The lowest BCUT2D eigenvalue weighted by Crippen LogP contribution is -2.51. The normalized spacial score (nSPS) is 11.8. The largest absolute Gasteiger partial charge is 0.497 e. The predicted molar refractivity (Wildman–Crippen MR) is 156 cm³/mol. The maximum Gasteiger partial charge on any atom is 0.244 e. The summed E-state index contributed by atoms with van der Waals surface area (Å²) in [6.45, 7) is 4.07. The number of ether oxygens (including phenoxy) is 2. The van der Waals surface area contributed by atoms with Gasteiger partial charge in [0.05, 0.1) is 19.1 Å². The molecule has 10 heteroatoms. The average Bonchev–Trinajstić information content (AvgIpc) is 2.96. The first-order valence-corrected chi connectivity index (χ1v) is 14.9. The molecule has 214 valence electrons. The number of hydrogen-bond acceptors (Lipinski definition) is 6. The molecule has 0 radical (unpaired) electrons. The van der Waals surface area contributed by atoms with Gasteiger partial charge in [0.2, 0.25) is 21.8 Å². The van der Waals surface area contributed by atoms with Crippen molar-refractivity contribution in [3.63, 3.8) is 0 Å². The van der Waals surface area contributed by atoms with Gasteiger partial charge in [-0.25, -0.2) is 8.42 Å². The minimum absolute atomic E-state index is 0.118. The van der Waals surface area contributed by atoms with Gasteiger partial charge in [-0.2, -0.15) is 0 Å². The van der Waals surface area contributed by atoms with E-state index in [2.05, 4.69) is 5.32 Å². The Hall–Kier alpha value is -4.05. The van der Waals surface area contributed by atoms with Crippen molar-refractivity contribution in [3.05, 3.63) is 90.0 Å². The summed E-state index contributed by atoms with van der Waals surface area (Å²) in [6.07, 6.45) is 1.79. The Morgan fingerprint density at radius 3 is 2.10 bits per heavy atom. The summed E-state index contributed by atoms with van der Waals surface area (Å²) in [5.74, 6) is 0.406. The molecule has 0 aromatic heterocycles. The van der Waals surface area contributed by atoms with E-state index in [-0.39, 0.29) is 12.5 Å². The van der Waals surface area contributed by atoms with Crippen LogP contribution in [0, 0.1) is 0 Å². The van der Waals surface area contributed by atoms with Crippen molar-refractivity contribution < 1.29 is 27.5 Å². The molecule has 1 N–H and O–H groups in total. The first-order chi connectivity index (χ1) is 19.1. The maximum absolute atomic E-state index is 13.6. The zero-order valence-corrected chi connectivity index (χ0v) is 24.2. The molecular formula is C30H37N3O6S. The topological polar surface area (TPSA) is 105 Å². The van der Waals surface area contributed by atoms with E-state index in [9.17, 15) is 18.0 Å². The molecular weight excluding hydrogens is 530 g/mol. The van der Waals surface area contributed by atoms with Crippen molar-refractivity contribution in [3.8, 4) is 11.5 Å². The summed E-state index contributed by atoms with van der Waals surface area (Å²) in [7, 11) is -2.27. The van der Waals surface area contributed by atoms with E-state index in [0.717, 1.165) is 28.1 Å². The second-order valence-electron chi connectivity index (χ2n) is 9.37. The molecule has 0 aliphatic heterocycles. The number of carbonyl (C=O) groups excluding carboxylic acids is 2. The third kappa shape index (κ3) is 8.74. The van der Waals surface area contributed by atoms with Gasteiger partial charge in [-0.1, -0.05) is 49.4 Å². The van der Waals surface area contributed by atoms with Crippen molar-refractivity contribution in [2.45, 2.75) is 39.5 Å². The minimum atomic E-state index is -3.83. The summed E-state index contributed by atoms with van der Waals surface area (Å²) in [5, 5.41) is 2.82. The molecule has 2 amide bonds. The van der Waals surface area contributed by atoms with E-state index in [1.54, 1.807) is 62.6 Å². The van der Waals surface area contributed by atoms with Gasteiger partial charge in [-0.15, -0.1) is 0 Å². The highest BCUT2D eigenvalue weighted by Crippen LogP contribution is 2.23. The Labute approximate surface area is 236 Å². The number of benzene rings is 3. The molecule has 1 unspecified atom stereocenters. The van der Waals surface area contributed by atoms with Crippen LogP contribution >= 0.6 is 0 Å². The first-order valence-electron chi connectivity index (χ1n) is 13.1. The predicted octanol–water partition coefficient (Wildman–Crippen LogP) is 3.98. The molecule has 3 rings (SSSR count). The SMILES string of the molecule is CCCNC(=O)C(C)N(Cc1ccc(OC)cc1)C(=O)CN(c1ccc(OCc2ccccc2)cc1)S(C)(=O)=O. The quantitative estimate of drug-likeness (QED) is 0.316. The van der Waals surface area contributed by atoms with Crippen LogP contribution in [0.5, 0.6) is 11.5 Å².